The van der Waals surface area contributed by atoms with Crippen LogP contribution in [0.4, 0.5) is 35.1 Å². The number of nitrogens with zero attached hydrogens (tertiary/aromatic N) is 2. The van der Waals surface area contributed by atoms with E-state index in [2.05, 4.69) is 15.3 Å². The van der Waals surface area contributed by atoms with Gasteiger partial charge in [-0.25, -0.2) is 22.2 Å². The molecule has 1 aliphatic carbocycles. The largest absolute Gasteiger partial charge is 0.435 e. The van der Waals surface area contributed by atoms with Gasteiger partial charge in [0.1, 0.15) is 16.3 Å². The Morgan fingerprint density at radius 2 is 1.41 bits per heavy atom. The maximum Gasteiger partial charge on any atom is 0.435 e. The Balaban J connectivity index is 1.72. The highest BCUT2D eigenvalue weighted by molar-refractivity contribution is 7.92. The number of hydrogen-bond acceptors (Lipinski definition) is 5. The number of alkyl halides is 7. The predicted octanol–water partition coefficient (Wildman–Crippen LogP) is 5.95. The number of carbonyl (C=O) groups is 1. The molecule has 1 saturated carbocycles. The molecule has 3 aromatic rings. The topological polar surface area (TPSA) is 89.0 Å². The van der Waals surface area contributed by atoms with Crippen molar-refractivity contribution >= 4 is 15.7 Å². The minimum Gasteiger partial charge on any atom is -0.348 e. The summed E-state index contributed by atoms with van der Waals surface area (Å²) in [4.78, 5) is 19.8. The van der Waals surface area contributed by atoms with Crippen LogP contribution >= 0.6 is 0 Å². The molecule has 1 amide bonds. The van der Waals surface area contributed by atoms with Gasteiger partial charge in [-0.05, 0) is 55.5 Å². The van der Waals surface area contributed by atoms with E-state index in [1.165, 1.54) is 18.6 Å². The summed E-state index contributed by atoms with van der Waals surface area (Å²) in [5, 5.41) is 2.70. The van der Waals surface area contributed by atoms with Crippen molar-refractivity contribution in [1.29, 1.82) is 0 Å². The molecule has 1 fully saturated rings. The molecule has 2 aromatic carbocycles. The fourth-order valence-corrected chi connectivity index (χ4v) is 7.11. The van der Waals surface area contributed by atoms with Gasteiger partial charge in [0, 0.05) is 24.0 Å². The molecule has 0 unspecified atom stereocenters. The van der Waals surface area contributed by atoms with Crippen molar-refractivity contribution in [1.82, 2.24) is 15.3 Å². The Bertz CT molecular complexity index is 1470. The average molecular weight is 608 g/mol. The number of carbonyl (C=O) groups excluding carboxylic acids is 1. The molecule has 0 atom stereocenters. The van der Waals surface area contributed by atoms with Gasteiger partial charge < -0.3 is 5.32 Å². The monoisotopic (exact) mass is 607 g/mol. The highest BCUT2D eigenvalue weighted by Crippen LogP contribution is 2.54. The third kappa shape index (κ3) is 5.38. The molecule has 1 N–H and O–H groups in total. The zero-order chi connectivity index (χ0) is 30.3. The summed E-state index contributed by atoms with van der Waals surface area (Å²) >= 11 is 0. The van der Waals surface area contributed by atoms with Crippen molar-refractivity contribution in [3.63, 3.8) is 0 Å². The Morgan fingerprint density at radius 1 is 0.854 bits per heavy atom. The van der Waals surface area contributed by atoms with Gasteiger partial charge in [0.2, 0.25) is 0 Å². The summed E-state index contributed by atoms with van der Waals surface area (Å²) in [5.74, 6) is -1.32. The van der Waals surface area contributed by atoms with Crippen molar-refractivity contribution in [2.24, 2.45) is 0 Å². The van der Waals surface area contributed by atoms with Crippen LogP contribution in [0.3, 0.4) is 0 Å². The lowest BCUT2D eigenvalue weighted by molar-refractivity contribution is -0.348. The Labute approximate surface area is 228 Å². The van der Waals surface area contributed by atoms with E-state index in [0.29, 0.717) is 0 Å². The van der Waals surface area contributed by atoms with Crippen molar-refractivity contribution in [2.75, 3.05) is 0 Å². The number of amides is 1. The highest BCUT2D eigenvalue weighted by atomic mass is 32.2. The van der Waals surface area contributed by atoms with Gasteiger partial charge in [0.15, 0.2) is 9.84 Å². The molecule has 41 heavy (non-hydrogen) atoms. The van der Waals surface area contributed by atoms with Crippen LogP contribution in [0.25, 0.3) is 0 Å². The van der Waals surface area contributed by atoms with Crippen LogP contribution in [-0.2, 0) is 20.3 Å². The molecule has 0 saturated heterocycles. The number of halogens is 8. The third-order valence-electron chi connectivity index (χ3n) is 7.15. The molecule has 0 radical (unpaired) electrons. The molecule has 0 bridgehead atoms. The zero-order valence-electron chi connectivity index (χ0n) is 20.8. The van der Waals surface area contributed by atoms with Crippen molar-refractivity contribution < 1.29 is 48.3 Å². The second-order valence-corrected chi connectivity index (χ2v) is 11.8. The Kier molecular flexibility index (Phi) is 7.88. The van der Waals surface area contributed by atoms with E-state index >= 15 is 0 Å². The first-order valence-corrected chi connectivity index (χ1v) is 13.5. The number of nitrogens with one attached hydrogen (secondary N) is 1. The third-order valence-corrected chi connectivity index (χ3v) is 9.72. The summed E-state index contributed by atoms with van der Waals surface area (Å²) in [6, 6.07) is 5.17. The molecule has 6 nitrogen and oxygen atoms in total. The van der Waals surface area contributed by atoms with Crippen LogP contribution < -0.4 is 5.32 Å². The van der Waals surface area contributed by atoms with Gasteiger partial charge >= 0.3 is 18.0 Å². The molecule has 1 aromatic heterocycles. The van der Waals surface area contributed by atoms with Crippen LogP contribution in [0.1, 0.15) is 47.3 Å². The van der Waals surface area contributed by atoms with Crippen molar-refractivity contribution in [2.45, 2.75) is 59.4 Å². The van der Waals surface area contributed by atoms with E-state index in [1.54, 1.807) is 0 Å². The van der Waals surface area contributed by atoms with Gasteiger partial charge in [-0.1, -0.05) is 24.3 Å². The van der Waals surface area contributed by atoms with Crippen LogP contribution in [0.5, 0.6) is 0 Å². The first kappa shape index (κ1) is 30.3. The summed E-state index contributed by atoms with van der Waals surface area (Å²) in [7, 11) is -4.44. The van der Waals surface area contributed by atoms with E-state index in [9.17, 15) is 48.3 Å². The minimum atomic E-state index is -6.34. The number of hydrogen-bond donors (Lipinski definition) is 1. The van der Waals surface area contributed by atoms with E-state index in [1.807, 2.05) is 0 Å². The predicted molar refractivity (Wildman–Crippen MR) is 128 cm³/mol. The molecule has 220 valence electrons. The van der Waals surface area contributed by atoms with Gasteiger partial charge in [-0.15, -0.1) is 0 Å². The summed E-state index contributed by atoms with van der Waals surface area (Å²) in [6.07, 6.45) is -9.20. The average Bonchev–Trinajstić information content (AvgIpc) is 2.92. The maximum atomic E-state index is 14.6. The second-order valence-electron chi connectivity index (χ2n) is 9.52. The maximum absolute atomic E-state index is 14.6. The fourth-order valence-electron chi connectivity index (χ4n) is 4.95. The Morgan fingerprint density at radius 3 is 1.90 bits per heavy atom. The molecule has 0 aliphatic heterocycles. The first-order valence-electron chi connectivity index (χ1n) is 12.0. The molecular formula is C26H21F8N3O3S. The standard InChI is InChI=1S/C26H21F8N3O3S/c27-18-5-7-20(8-6-18)41(39,40)23(11-9-19(10-12-23)37-22(38)21-15-35-13-14-36-21)16-1-3-17(4-2-16)24(28,25(29,30)31)26(32,33)34/h1-8,13-15,19H,9-12H2,(H,37,38)/t19-,23+. The Hall–Kier alpha value is -3.62. The lowest BCUT2D eigenvalue weighted by atomic mass is 9.80. The zero-order valence-corrected chi connectivity index (χ0v) is 21.6. The quantitative estimate of drug-likeness (QED) is 0.277. The van der Waals surface area contributed by atoms with Crippen molar-refractivity contribution in [3.05, 3.63) is 89.8 Å². The van der Waals surface area contributed by atoms with Crippen LogP contribution in [0, 0.1) is 5.82 Å². The number of rotatable bonds is 6. The SMILES string of the molecule is O=C(N[C@H]1CC[C@@](c2ccc(C(F)(C(F)(F)F)C(F)(F)F)cc2)(S(=O)(=O)c2ccc(F)cc2)CC1)c1cnccn1. The molecule has 4 rings (SSSR count). The van der Waals surface area contributed by atoms with Gasteiger partial charge in [-0.3, -0.25) is 9.78 Å². The van der Waals surface area contributed by atoms with Gasteiger partial charge in [0.05, 0.1) is 11.1 Å². The fraction of sp³-hybridized carbons (Fsp3) is 0.346. The van der Waals surface area contributed by atoms with E-state index in [-0.39, 0.29) is 54.0 Å². The summed E-state index contributed by atoms with van der Waals surface area (Å²) in [6.45, 7) is 0. The summed E-state index contributed by atoms with van der Waals surface area (Å²) in [5.41, 5.74) is -7.64. The first-order chi connectivity index (χ1) is 19.0. The highest BCUT2D eigenvalue weighted by Gasteiger charge is 2.73. The van der Waals surface area contributed by atoms with E-state index in [4.69, 9.17) is 0 Å². The lowest BCUT2D eigenvalue weighted by Gasteiger charge is -2.40. The van der Waals surface area contributed by atoms with Gasteiger partial charge in [-0.2, -0.15) is 26.3 Å². The minimum absolute atomic E-state index is 0.00268. The molecule has 1 heterocycles. The number of benzene rings is 2. The summed E-state index contributed by atoms with van der Waals surface area (Å²) < 4.78 is 134. The van der Waals surface area contributed by atoms with Crippen molar-refractivity contribution in [3.8, 4) is 0 Å². The lowest BCUT2D eigenvalue weighted by Crippen LogP contribution is -2.50. The molecule has 15 heteroatoms. The number of aromatic nitrogens is 2. The molecule has 0 spiro atoms. The van der Waals surface area contributed by atoms with Gasteiger partial charge in [0.25, 0.3) is 5.91 Å². The van der Waals surface area contributed by atoms with E-state index in [0.717, 1.165) is 36.4 Å². The normalized spacial score (nSPS) is 20.4. The molecule has 1 aliphatic rings. The van der Waals surface area contributed by atoms with Crippen LogP contribution in [-0.4, -0.2) is 42.7 Å². The second kappa shape index (κ2) is 10.7. The van der Waals surface area contributed by atoms with E-state index < -0.39 is 55.9 Å². The van der Waals surface area contributed by atoms with Crippen LogP contribution in [0.2, 0.25) is 0 Å². The number of sulfone groups is 1. The van der Waals surface area contributed by atoms with Crippen LogP contribution in [0.15, 0.2) is 72.0 Å². The molecular weight excluding hydrogens is 586 g/mol. The smallest absolute Gasteiger partial charge is 0.348 e.